The largest absolute Gasteiger partial charge is 0.368 e. The molecule has 1 heterocycles. The highest BCUT2D eigenvalue weighted by Crippen LogP contribution is 2.26. The molecule has 0 radical (unpaired) electrons. The zero-order valence-electron chi connectivity index (χ0n) is 12.5. The first-order chi connectivity index (χ1) is 10.6. The first kappa shape index (κ1) is 14.6. The van der Waals surface area contributed by atoms with Gasteiger partial charge in [-0.25, -0.2) is 0 Å². The van der Waals surface area contributed by atoms with Crippen molar-refractivity contribution in [3.05, 3.63) is 48.3 Å². The molecule has 0 aliphatic heterocycles. The fourth-order valence-electron chi connectivity index (χ4n) is 2.09. The summed E-state index contributed by atoms with van der Waals surface area (Å²) >= 11 is 1.69. The minimum Gasteiger partial charge on any atom is -0.368 e. The highest BCUT2D eigenvalue weighted by molar-refractivity contribution is 7.98. The molecule has 0 unspecified atom stereocenters. The molecule has 112 valence electrons. The minimum absolute atomic E-state index is 0.257. The third-order valence-electron chi connectivity index (χ3n) is 3.18. The minimum atomic E-state index is 0.257. The smallest absolute Gasteiger partial charge is 0.229 e. The number of nitrogens with zero attached hydrogens (tertiary/aromatic N) is 4. The number of aromatic nitrogens is 3. The Kier molecular flexibility index (Phi) is 4.11. The molecule has 6 heteroatoms. The summed E-state index contributed by atoms with van der Waals surface area (Å²) in [5.74, 6) is 2.19. The Morgan fingerprint density at radius 3 is 2.55 bits per heavy atom. The molecule has 0 aliphatic carbocycles. The summed E-state index contributed by atoms with van der Waals surface area (Å²) in [5.41, 5.74) is 5.74. The summed E-state index contributed by atoms with van der Waals surface area (Å²) in [6, 6.07) is 14.7. The van der Waals surface area contributed by atoms with Gasteiger partial charge in [0, 0.05) is 19.0 Å². The number of hydrogen-bond donors (Lipinski definition) is 1. The highest BCUT2D eigenvalue weighted by Gasteiger charge is 2.07. The Balaban J connectivity index is 1.78. The van der Waals surface area contributed by atoms with Crippen molar-refractivity contribution in [1.29, 1.82) is 0 Å². The van der Waals surface area contributed by atoms with Crippen LogP contribution in [-0.4, -0.2) is 29.0 Å². The number of rotatable bonds is 4. The quantitative estimate of drug-likeness (QED) is 0.747. The SMILES string of the molecule is CN(C)c1nc(N)nc(CSc2ccc3ccccc3c2)n1. The van der Waals surface area contributed by atoms with Crippen molar-refractivity contribution in [3.63, 3.8) is 0 Å². The number of nitrogen functional groups attached to an aromatic ring is 1. The molecule has 5 nitrogen and oxygen atoms in total. The highest BCUT2D eigenvalue weighted by atomic mass is 32.2. The number of thioether (sulfide) groups is 1. The first-order valence-corrected chi connectivity index (χ1v) is 7.90. The summed E-state index contributed by atoms with van der Waals surface area (Å²) in [6.07, 6.45) is 0. The van der Waals surface area contributed by atoms with Crippen LogP contribution < -0.4 is 10.6 Å². The molecule has 0 bridgehead atoms. The van der Waals surface area contributed by atoms with E-state index in [9.17, 15) is 0 Å². The van der Waals surface area contributed by atoms with Crippen molar-refractivity contribution in [1.82, 2.24) is 15.0 Å². The van der Waals surface area contributed by atoms with Gasteiger partial charge >= 0.3 is 0 Å². The molecule has 3 aromatic rings. The van der Waals surface area contributed by atoms with Gasteiger partial charge in [-0.3, -0.25) is 0 Å². The fourth-order valence-corrected chi connectivity index (χ4v) is 2.89. The number of nitrogens with two attached hydrogens (primary N) is 1. The van der Waals surface area contributed by atoms with Gasteiger partial charge in [0.15, 0.2) is 0 Å². The Hall–Kier alpha value is -2.34. The molecular formula is C16H17N5S. The normalized spacial score (nSPS) is 10.8. The van der Waals surface area contributed by atoms with Crippen molar-refractivity contribution in [2.75, 3.05) is 24.7 Å². The molecule has 1 aromatic heterocycles. The van der Waals surface area contributed by atoms with E-state index < -0.39 is 0 Å². The zero-order valence-corrected chi connectivity index (χ0v) is 13.3. The molecule has 0 atom stereocenters. The Bertz CT molecular complexity index is 803. The molecule has 2 N–H and O–H groups in total. The summed E-state index contributed by atoms with van der Waals surface area (Å²) < 4.78 is 0. The van der Waals surface area contributed by atoms with Gasteiger partial charge in [0.05, 0.1) is 5.75 Å². The van der Waals surface area contributed by atoms with E-state index in [0.717, 1.165) is 0 Å². The van der Waals surface area contributed by atoms with Crippen LogP contribution in [0.2, 0.25) is 0 Å². The molecule has 2 aromatic carbocycles. The summed E-state index contributed by atoms with van der Waals surface area (Å²) in [5, 5.41) is 2.47. The van der Waals surface area contributed by atoms with E-state index in [1.807, 2.05) is 31.1 Å². The lowest BCUT2D eigenvalue weighted by molar-refractivity contribution is 0.919. The topological polar surface area (TPSA) is 67.9 Å². The molecule has 0 fully saturated rings. The monoisotopic (exact) mass is 311 g/mol. The van der Waals surface area contributed by atoms with Crippen LogP contribution in [0.25, 0.3) is 10.8 Å². The van der Waals surface area contributed by atoms with Gasteiger partial charge in [-0.15, -0.1) is 11.8 Å². The Labute approximate surface area is 133 Å². The lowest BCUT2D eigenvalue weighted by Crippen LogP contribution is -2.15. The van der Waals surface area contributed by atoms with Crippen LogP contribution in [0.5, 0.6) is 0 Å². The van der Waals surface area contributed by atoms with Gasteiger partial charge in [0.1, 0.15) is 5.82 Å². The number of anilines is 2. The Morgan fingerprint density at radius 2 is 1.77 bits per heavy atom. The van der Waals surface area contributed by atoms with Crippen LogP contribution in [0.3, 0.4) is 0 Å². The molecule has 0 amide bonds. The van der Waals surface area contributed by atoms with Crippen molar-refractivity contribution < 1.29 is 0 Å². The lowest BCUT2D eigenvalue weighted by Gasteiger charge is -2.11. The number of hydrogen-bond acceptors (Lipinski definition) is 6. The van der Waals surface area contributed by atoms with Crippen LogP contribution in [0.15, 0.2) is 47.4 Å². The van der Waals surface area contributed by atoms with Gasteiger partial charge in [-0.1, -0.05) is 30.3 Å². The summed E-state index contributed by atoms with van der Waals surface area (Å²) in [4.78, 5) is 15.7. The van der Waals surface area contributed by atoms with Crippen molar-refractivity contribution in [3.8, 4) is 0 Å². The maximum atomic E-state index is 5.74. The average molecular weight is 311 g/mol. The third kappa shape index (κ3) is 3.28. The standard InChI is InChI=1S/C16H17N5S/c1-21(2)16-19-14(18-15(17)20-16)10-22-13-8-7-11-5-3-4-6-12(11)9-13/h3-9H,10H2,1-2H3,(H2,17,18,19,20). The number of benzene rings is 2. The van der Waals surface area contributed by atoms with Crippen LogP contribution in [0, 0.1) is 0 Å². The average Bonchev–Trinajstić information content (AvgIpc) is 2.52. The van der Waals surface area contributed by atoms with Gasteiger partial charge in [0.2, 0.25) is 11.9 Å². The van der Waals surface area contributed by atoms with Gasteiger partial charge in [0.25, 0.3) is 0 Å². The van der Waals surface area contributed by atoms with E-state index in [1.165, 1.54) is 15.7 Å². The summed E-state index contributed by atoms with van der Waals surface area (Å²) in [6.45, 7) is 0. The van der Waals surface area contributed by atoms with Crippen molar-refractivity contribution in [2.45, 2.75) is 10.6 Å². The van der Waals surface area contributed by atoms with Crippen molar-refractivity contribution >= 4 is 34.4 Å². The molecule has 0 saturated carbocycles. The molecule has 0 aliphatic rings. The van der Waals surface area contributed by atoms with Gasteiger partial charge < -0.3 is 10.6 Å². The molecule has 22 heavy (non-hydrogen) atoms. The maximum Gasteiger partial charge on any atom is 0.229 e. The maximum absolute atomic E-state index is 5.74. The van der Waals surface area contributed by atoms with Crippen LogP contribution in [-0.2, 0) is 5.75 Å². The first-order valence-electron chi connectivity index (χ1n) is 6.91. The Morgan fingerprint density at radius 1 is 1.00 bits per heavy atom. The second kappa shape index (κ2) is 6.19. The van der Waals surface area contributed by atoms with E-state index in [0.29, 0.717) is 17.5 Å². The predicted octanol–water partition coefficient (Wildman–Crippen LogP) is 2.97. The predicted molar refractivity (Wildman–Crippen MR) is 92.1 cm³/mol. The van der Waals surface area contributed by atoms with E-state index >= 15 is 0 Å². The van der Waals surface area contributed by atoms with E-state index in [2.05, 4.69) is 45.3 Å². The zero-order chi connectivity index (χ0) is 15.5. The van der Waals surface area contributed by atoms with Gasteiger partial charge in [-0.2, -0.15) is 15.0 Å². The summed E-state index contributed by atoms with van der Waals surface area (Å²) in [7, 11) is 3.77. The number of fused-ring (bicyclic) bond motifs is 1. The van der Waals surface area contributed by atoms with Crippen LogP contribution in [0.4, 0.5) is 11.9 Å². The molecule has 0 spiro atoms. The van der Waals surface area contributed by atoms with Crippen LogP contribution >= 0.6 is 11.8 Å². The van der Waals surface area contributed by atoms with E-state index in [1.54, 1.807) is 11.8 Å². The molecule has 3 rings (SSSR count). The van der Waals surface area contributed by atoms with Crippen molar-refractivity contribution in [2.24, 2.45) is 0 Å². The second-order valence-corrected chi connectivity index (χ2v) is 6.15. The fraction of sp³-hybridized carbons (Fsp3) is 0.188. The third-order valence-corrected chi connectivity index (χ3v) is 4.17. The van der Waals surface area contributed by atoms with E-state index in [-0.39, 0.29) is 5.95 Å². The van der Waals surface area contributed by atoms with E-state index in [4.69, 9.17) is 5.73 Å². The molecule has 0 saturated heterocycles. The van der Waals surface area contributed by atoms with Crippen LogP contribution in [0.1, 0.15) is 5.82 Å². The van der Waals surface area contributed by atoms with Gasteiger partial charge in [-0.05, 0) is 22.9 Å². The second-order valence-electron chi connectivity index (χ2n) is 5.10. The molecular weight excluding hydrogens is 294 g/mol. The lowest BCUT2D eigenvalue weighted by atomic mass is 10.1.